The average molecular weight is 276 g/mol. The van der Waals surface area contributed by atoms with Crippen molar-refractivity contribution in [2.45, 2.75) is 11.8 Å². The van der Waals surface area contributed by atoms with Gasteiger partial charge in [0.15, 0.2) is 5.82 Å². The first-order chi connectivity index (χ1) is 7.94. The highest BCUT2D eigenvalue weighted by Crippen LogP contribution is 2.26. The lowest BCUT2D eigenvalue weighted by atomic mass is 10.5. The number of nitrogens with zero attached hydrogens (tertiary/aromatic N) is 3. The fourth-order valence-corrected chi connectivity index (χ4v) is 4.72. The van der Waals surface area contributed by atoms with Gasteiger partial charge in [-0.05, 0) is 6.92 Å². The number of anilines is 1. The van der Waals surface area contributed by atoms with E-state index in [9.17, 15) is 8.42 Å². The summed E-state index contributed by atoms with van der Waals surface area (Å²) in [6, 6.07) is 0. The van der Waals surface area contributed by atoms with E-state index >= 15 is 0 Å². The quantitative estimate of drug-likeness (QED) is 0.825. The third-order valence-corrected chi connectivity index (χ3v) is 5.88. The van der Waals surface area contributed by atoms with Crippen LogP contribution in [0.3, 0.4) is 0 Å². The molecular weight excluding hydrogens is 260 g/mol. The van der Waals surface area contributed by atoms with Gasteiger partial charge in [-0.15, -0.1) is 0 Å². The number of thioether (sulfide) groups is 1. The van der Waals surface area contributed by atoms with Gasteiger partial charge < -0.3 is 5.73 Å². The molecule has 2 N–H and O–H groups in total. The van der Waals surface area contributed by atoms with E-state index in [2.05, 4.69) is 5.10 Å². The zero-order valence-electron chi connectivity index (χ0n) is 9.88. The Balaban J connectivity index is 2.43. The van der Waals surface area contributed by atoms with Crippen LogP contribution in [0.5, 0.6) is 0 Å². The summed E-state index contributed by atoms with van der Waals surface area (Å²) in [5.74, 6) is 1.75. The van der Waals surface area contributed by atoms with Crippen LogP contribution < -0.4 is 5.73 Å². The van der Waals surface area contributed by atoms with Crippen molar-refractivity contribution in [3.63, 3.8) is 0 Å². The summed E-state index contributed by atoms with van der Waals surface area (Å²) in [6.45, 7) is 2.80. The Kier molecular flexibility index (Phi) is 3.37. The Bertz CT molecular complexity index is 517. The van der Waals surface area contributed by atoms with E-state index in [-0.39, 0.29) is 10.7 Å². The number of nitrogens with two attached hydrogens (primary N) is 1. The second kappa shape index (κ2) is 4.51. The van der Waals surface area contributed by atoms with Gasteiger partial charge in [-0.3, -0.25) is 4.68 Å². The van der Waals surface area contributed by atoms with Gasteiger partial charge in [-0.1, -0.05) is 0 Å². The average Bonchev–Trinajstić information content (AvgIpc) is 2.54. The molecule has 96 valence electrons. The van der Waals surface area contributed by atoms with Crippen LogP contribution in [-0.4, -0.2) is 47.1 Å². The molecule has 0 spiro atoms. The number of sulfonamides is 1. The molecule has 2 rings (SSSR count). The van der Waals surface area contributed by atoms with Gasteiger partial charge in [0.2, 0.25) is 10.0 Å². The molecule has 2 heterocycles. The molecule has 17 heavy (non-hydrogen) atoms. The molecule has 0 bridgehead atoms. The van der Waals surface area contributed by atoms with Crippen molar-refractivity contribution in [1.82, 2.24) is 14.1 Å². The lowest BCUT2D eigenvalue weighted by molar-refractivity contribution is 0.443. The summed E-state index contributed by atoms with van der Waals surface area (Å²) in [4.78, 5) is 0.159. The molecule has 0 aromatic carbocycles. The molecule has 0 saturated carbocycles. The number of rotatable bonds is 2. The predicted octanol–water partition coefficient (Wildman–Crippen LogP) is 0.0482. The minimum atomic E-state index is -3.49. The highest BCUT2D eigenvalue weighted by atomic mass is 32.2. The first kappa shape index (κ1) is 12.7. The van der Waals surface area contributed by atoms with Crippen molar-refractivity contribution >= 4 is 27.6 Å². The number of hydrogen-bond acceptors (Lipinski definition) is 5. The highest BCUT2D eigenvalue weighted by molar-refractivity contribution is 7.99. The van der Waals surface area contributed by atoms with E-state index in [1.807, 2.05) is 0 Å². The largest absolute Gasteiger partial charge is 0.381 e. The summed E-state index contributed by atoms with van der Waals surface area (Å²) in [5, 5.41) is 3.96. The van der Waals surface area contributed by atoms with Crippen molar-refractivity contribution in [2.24, 2.45) is 7.05 Å². The smallest absolute Gasteiger partial charge is 0.248 e. The van der Waals surface area contributed by atoms with Crippen LogP contribution in [0.1, 0.15) is 5.69 Å². The van der Waals surface area contributed by atoms with Gasteiger partial charge in [0.25, 0.3) is 0 Å². The summed E-state index contributed by atoms with van der Waals surface area (Å²) in [7, 11) is -1.80. The SMILES string of the molecule is Cc1c(S(=O)(=O)N2CCSCC2)c(N)nn1C. The minimum absolute atomic E-state index is 0.0863. The lowest BCUT2D eigenvalue weighted by Crippen LogP contribution is -2.38. The monoisotopic (exact) mass is 276 g/mol. The van der Waals surface area contributed by atoms with E-state index in [1.165, 1.54) is 8.99 Å². The molecule has 1 aromatic heterocycles. The fourth-order valence-electron chi connectivity index (χ4n) is 1.85. The third-order valence-electron chi connectivity index (χ3n) is 2.87. The lowest BCUT2D eigenvalue weighted by Gasteiger charge is -2.25. The van der Waals surface area contributed by atoms with Crippen LogP contribution in [0.15, 0.2) is 4.90 Å². The van der Waals surface area contributed by atoms with E-state index < -0.39 is 10.0 Å². The van der Waals surface area contributed by atoms with Crippen LogP contribution in [0.4, 0.5) is 5.82 Å². The standard InChI is InChI=1S/C9H16N4O2S2/c1-7-8(9(10)11-12(7)2)17(14,15)13-3-5-16-6-4-13/h3-6H2,1-2H3,(H2,10,11). The minimum Gasteiger partial charge on any atom is -0.381 e. The van der Waals surface area contributed by atoms with Crippen molar-refractivity contribution < 1.29 is 8.42 Å². The van der Waals surface area contributed by atoms with E-state index in [0.717, 1.165) is 11.5 Å². The second-order valence-electron chi connectivity index (χ2n) is 3.94. The predicted molar refractivity (Wildman–Crippen MR) is 68.4 cm³/mol. The zero-order chi connectivity index (χ0) is 12.6. The Hall–Kier alpha value is -0.730. The van der Waals surface area contributed by atoms with E-state index in [4.69, 9.17) is 5.73 Å². The van der Waals surface area contributed by atoms with Gasteiger partial charge in [0, 0.05) is 31.6 Å². The zero-order valence-corrected chi connectivity index (χ0v) is 11.5. The molecule has 1 fully saturated rings. The van der Waals surface area contributed by atoms with Gasteiger partial charge in [-0.25, -0.2) is 8.42 Å². The fraction of sp³-hybridized carbons (Fsp3) is 0.667. The number of nitrogen functional groups attached to an aromatic ring is 1. The van der Waals surface area contributed by atoms with Gasteiger partial charge in [0.1, 0.15) is 4.90 Å². The molecule has 0 unspecified atom stereocenters. The van der Waals surface area contributed by atoms with E-state index in [0.29, 0.717) is 18.8 Å². The normalized spacial score (nSPS) is 18.5. The maximum Gasteiger partial charge on any atom is 0.248 e. The van der Waals surface area contributed by atoms with Gasteiger partial charge in [0.05, 0.1) is 5.69 Å². The van der Waals surface area contributed by atoms with Gasteiger partial charge in [-0.2, -0.15) is 21.2 Å². The summed E-state index contributed by atoms with van der Waals surface area (Å²) in [5.41, 5.74) is 6.28. The van der Waals surface area contributed by atoms with Crippen molar-refractivity contribution in [1.29, 1.82) is 0 Å². The third kappa shape index (κ3) is 2.16. The molecule has 0 amide bonds. The highest BCUT2D eigenvalue weighted by Gasteiger charge is 2.31. The summed E-state index contributed by atoms with van der Waals surface area (Å²) < 4.78 is 27.8. The molecule has 1 aliphatic rings. The maximum absolute atomic E-state index is 12.4. The molecule has 8 heteroatoms. The second-order valence-corrected chi connectivity index (χ2v) is 7.04. The molecular formula is C9H16N4O2S2. The van der Waals surface area contributed by atoms with Crippen LogP contribution in [0, 0.1) is 6.92 Å². The summed E-state index contributed by atoms with van der Waals surface area (Å²) in [6.07, 6.45) is 0. The molecule has 0 radical (unpaired) electrons. The molecule has 1 saturated heterocycles. The number of aromatic nitrogens is 2. The first-order valence-corrected chi connectivity index (χ1v) is 7.91. The molecule has 6 nitrogen and oxygen atoms in total. The topological polar surface area (TPSA) is 81.2 Å². The number of aryl methyl sites for hydroxylation is 1. The van der Waals surface area contributed by atoms with Crippen molar-refractivity contribution in [2.75, 3.05) is 30.3 Å². The molecule has 0 aliphatic carbocycles. The van der Waals surface area contributed by atoms with Gasteiger partial charge >= 0.3 is 0 Å². The van der Waals surface area contributed by atoms with Crippen LogP contribution in [-0.2, 0) is 17.1 Å². The Morgan fingerprint density at radius 2 is 1.94 bits per heavy atom. The van der Waals surface area contributed by atoms with E-state index in [1.54, 1.807) is 25.7 Å². The Labute approximate surface area is 105 Å². The molecule has 1 aliphatic heterocycles. The Morgan fingerprint density at radius 3 is 2.41 bits per heavy atom. The Morgan fingerprint density at radius 1 is 1.35 bits per heavy atom. The summed E-state index contributed by atoms with van der Waals surface area (Å²) >= 11 is 1.77. The number of hydrogen-bond donors (Lipinski definition) is 1. The maximum atomic E-state index is 12.4. The van der Waals surface area contributed by atoms with Crippen LogP contribution >= 0.6 is 11.8 Å². The van der Waals surface area contributed by atoms with Crippen LogP contribution in [0.2, 0.25) is 0 Å². The molecule has 0 atom stereocenters. The first-order valence-electron chi connectivity index (χ1n) is 5.31. The molecule has 1 aromatic rings. The van der Waals surface area contributed by atoms with Crippen molar-refractivity contribution in [3.05, 3.63) is 5.69 Å². The van der Waals surface area contributed by atoms with Crippen LogP contribution in [0.25, 0.3) is 0 Å². The van der Waals surface area contributed by atoms with Crippen molar-refractivity contribution in [3.8, 4) is 0 Å².